The average Bonchev–Trinajstić information content (AvgIpc) is 2.17. The lowest BCUT2D eigenvalue weighted by Gasteiger charge is -1.96. The van der Waals surface area contributed by atoms with E-state index in [0.717, 1.165) is 6.42 Å². The lowest BCUT2D eigenvalue weighted by atomic mass is 10.1. The summed E-state index contributed by atoms with van der Waals surface area (Å²) in [6.45, 7) is 2.22. The fraction of sp³-hybridized carbons (Fsp3) is 0.667. The first kappa shape index (κ1) is 13.7. The third kappa shape index (κ3) is 9.83. The summed E-state index contributed by atoms with van der Waals surface area (Å²) in [7, 11) is 0. The Hall–Kier alpha value is -0.260. The van der Waals surface area contributed by atoms with E-state index in [-0.39, 0.29) is 0 Å². The van der Waals surface area contributed by atoms with Gasteiger partial charge in [-0.25, -0.2) is 0 Å². The van der Waals surface area contributed by atoms with Crippen LogP contribution in [0.2, 0.25) is 0 Å². The van der Waals surface area contributed by atoms with Crippen LogP contribution in [0.5, 0.6) is 0 Å². The van der Waals surface area contributed by atoms with E-state index in [1.807, 2.05) is 6.08 Å². The van der Waals surface area contributed by atoms with Crippen molar-refractivity contribution in [1.29, 1.82) is 0 Å². The number of halogens is 1. The molecule has 0 bridgehead atoms. The number of aliphatic hydroxyl groups excluding tert-OH is 1. The second-order valence-corrected chi connectivity index (χ2v) is 3.71. The molecule has 0 unspecified atom stereocenters. The van der Waals surface area contributed by atoms with E-state index in [0.29, 0.717) is 0 Å². The minimum absolute atomic E-state index is 0.620. The number of rotatable bonds is 7. The summed E-state index contributed by atoms with van der Waals surface area (Å²) in [4.78, 5) is 2.50. The summed E-state index contributed by atoms with van der Waals surface area (Å²) < 4.78 is 0. The summed E-state index contributed by atoms with van der Waals surface area (Å²) >= 11 is 2.95. The van der Waals surface area contributed by atoms with Crippen molar-refractivity contribution < 1.29 is 5.11 Å². The summed E-state index contributed by atoms with van der Waals surface area (Å²) in [5.41, 5.74) is 0. The molecule has 1 nitrogen and oxygen atoms in total. The van der Waals surface area contributed by atoms with Crippen LogP contribution in [0, 0.1) is 10.8 Å². The van der Waals surface area contributed by atoms with Crippen molar-refractivity contribution in [2.75, 3.05) is 0 Å². The molecule has 0 saturated carbocycles. The maximum Gasteiger partial charge on any atom is 0.134 e. The van der Waals surface area contributed by atoms with Crippen molar-refractivity contribution >= 4 is 15.9 Å². The van der Waals surface area contributed by atoms with Crippen molar-refractivity contribution in [3.8, 4) is 10.8 Å². The zero-order valence-corrected chi connectivity index (χ0v) is 10.4. The van der Waals surface area contributed by atoms with E-state index in [1.54, 1.807) is 6.08 Å². The summed E-state index contributed by atoms with van der Waals surface area (Å²) in [6.07, 6.45) is 10.6. The maximum absolute atomic E-state index is 9.20. The number of hydrogen-bond acceptors (Lipinski definition) is 1. The lowest BCUT2D eigenvalue weighted by molar-refractivity contribution is 0.280. The number of hydrogen-bond donors (Lipinski definition) is 1. The maximum atomic E-state index is 9.20. The average molecular weight is 259 g/mol. The molecule has 0 aromatic heterocycles. The predicted molar refractivity (Wildman–Crippen MR) is 65.2 cm³/mol. The van der Waals surface area contributed by atoms with E-state index in [2.05, 4.69) is 33.6 Å². The fourth-order valence-corrected chi connectivity index (χ4v) is 1.43. The molecule has 80 valence electrons. The molecular formula is C12H19BrO. The Kier molecular flexibility index (Phi) is 10.6. The molecule has 0 fully saturated rings. The Morgan fingerprint density at radius 3 is 2.64 bits per heavy atom. The molecule has 0 aromatic rings. The van der Waals surface area contributed by atoms with Gasteiger partial charge < -0.3 is 5.11 Å². The van der Waals surface area contributed by atoms with Gasteiger partial charge in [0.1, 0.15) is 6.10 Å². The molecule has 0 aromatic carbocycles. The highest BCUT2D eigenvalue weighted by atomic mass is 79.9. The van der Waals surface area contributed by atoms with Gasteiger partial charge in [-0.1, -0.05) is 44.6 Å². The fourth-order valence-electron chi connectivity index (χ4n) is 1.19. The molecule has 0 amide bonds. The quantitative estimate of drug-likeness (QED) is 0.420. The summed E-state index contributed by atoms with van der Waals surface area (Å²) in [6, 6.07) is 0. The highest BCUT2D eigenvalue weighted by Crippen LogP contribution is 2.05. The van der Waals surface area contributed by atoms with E-state index in [4.69, 9.17) is 0 Å². The van der Waals surface area contributed by atoms with Crippen LogP contribution in [0.25, 0.3) is 0 Å². The van der Waals surface area contributed by atoms with Gasteiger partial charge in [0.25, 0.3) is 0 Å². The molecule has 0 aliphatic carbocycles. The standard InChI is InChI=1S/C12H19BrO/c1-2-3-4-5-6-7-8-9-12(14)10-11-13/h8-9,12,14H,2-7H2,1H3/b9-8-/t12-/m0/s1. The van der Waals surface area contributed by atoms with Crippen molar-refractivity contribution in [3.05, 3.63) is 12.2 Å². The Labute approximate surface area is 95.7 Å². The van der Waals surface area contributed by atoms with E-state index >= 15 is 0 Å². The van der Waals surface area contributed by atoms with Crippen LogP contribution in [0.1, 0.15) is 45.4 Å². The molecule has 1 N–H and O–H groups in total. The van der Waals surface area contributed by atoms with Crippen molar-refractivity contribution in [3.63, 3.8) is 0 Å². The van der Waals surface area contributed by atoms with Crippen LogP contribution in [-0.2, 0) is 0 Å². The number of allylic oxidation sites excluding steroid dienone is 1. The highest BCUT2D eigenvalue weighted by Gasteiger charge is 1.90. The molecule has 0 heterocycles. The van der Waals surface area contributed by atoms with E-state index < -0.39 is 6.10 Å². The zero-order chi connectivity index (χ0) is 10.6. The summed E-state index contributed by atoms with van der Waals surface area (Å²) in [5.74, 6) is 2.59. The van der Waals surface area contributed by atoms with Gasteiger partial charge in [-0.3, -0.25) is 0 Å². The number of aliphatic hydroxyl groups is 1. The Bertz CT molecular complexity index is 200. The van der Waals surface area contributed by atoms with Gasteiger partial charge in [-0.05, 0) is 23.7 Å². The van der Waals surface area contributed by atoms with Crippen molar-refractivity contribution in [2.24, 2.45) is 0 Å². The van der Waals surface area contributed by atoms with Crippen LogP contribution in [-0.4, -0.2) is 11.2 Å². The number of unbranched alkanes of at least 4 members (excludes halogenated alkanes) is 5. The van der Waals surface area contributed by atoms with Gasteiger partial charge in [-0.15, -0.1) is 0 Å². The van der Waals surface area contributed by atoms with Gasteiger partial charge in [0.05, 0.1) is 0 Å². The summed E-state index contributed by atoms with van der Waals surface area (Å²) in [5, 5.41) is 9.20. The van der Waals surface area contributed by atoms with Crippen LogP contribution in [0.15, 0.2) is 12.2 Å². The molecule has 2 heteroatoms. The molecule has 0 spiro atoms. The molecule has 0 rings (SSSR count). The predicted octanol–water partition coefficient (Wildman–Crippen LogP) is 3.62. The van der Waals surface area contributed by atoms with Crippen LogP contribution < -0.4 is 0 Å². The highest BCUT2D eigenvalue weighted by molar-refractivity contribution is 9.12. The minimum Gasteiger partial charge on any atom is -0.377 e. The molecule has 0 saturated heterocycles. The topological polar surface area (TPSA) is 20.2 Å². The van der Waals surface area contributed by atoms with Crippen molar-refractivity contribution in [1.82, 2.24) is 0 Å². The Morgan fingerprint density at radius 1 is 1.29 bits per heavy atom. The normalized spacial score (nSPS) is 12.5. The van der Waals surface area contributed by atoms with Crippen LogP contribution >= 0.6 is 15.9 Å². The zero-order valence-electron chi connectivity index (χ0n) is 8.80. The van der Waals surface area contributed by atoms with E-state index in [1.165, 1.54) is 32.1 Å². The monoisotopic (exact) mass is 258 g/mol. The molecule has 1 atom stereocenters. The second-order valence-electron chi connectivity index (χ2n) is 3.31. The third-order valence-corrected chi connectivity index (χ3v) is 2.22. The van der Waals surface area contributed by atoms with Gasteiger partial charge in [0.2, 0.25) is 0 Å². The Balaban J connectivity index is 3.29. The van der Waals surface area contributed by atoms with E-state index in [9.17, 15) is 5.11 Å². The SMILES string of the molecule is CCCCCCC/C=C\[C@H](O)C#CBr. The lowest BCUT2D eigenvalue weighted by Crippen LogP contribution is -1.95. The van der Waals surface area contributed by atoms with Gasteiger partial charge in [0.15, 0.2) is 0 Å². The second kappa shape index (κ2) is 10.8. The molecule has 0 radical (unpaired) electrons. The van der Waals surface area contributed by atoms with Crippen LogP contribution in [0.4, 0.5) is 0 Å². The first-order valence-corrected chi connectivity index (χ1v) is 6.06. The minimum atomic E-state index is -0.620. The first-order valence-electron chi connectivity index (χ1n) is 5.27. The molecule has 0 aliphatic rings. The molecule has 14 heavy (non-hydrogen) atoms. The van der Waals surface area contributed by atoms with Gasteiger partial charge in [-0.2, -0.15) is 0 Å². The molecular weight excluding hydrogens is 240 g/mol. The first-order chi connectivity index (χ1) is 6.81. The van der Waals surface area contributed by atoms with Gasteiger partial charge >= 0.3 is 0 Å². The van der Waals surface area contributed by atoms with Gasteiger partial charge in [0, 0.05) is 15.9 Å². The molecule has 0 aliphatic heterocycles. The van der Waals surface area contributed by atoms with Crippen LogP contribution in [0.3, 0.4) is 0 Å². The largest absolute Gasteiger partial charge is 0.377 e. The third-order valence-electron chi connectivity index (χ3n) is 2.00. The van der Waals surface area contributed by atoms with Crippen molar-refractivity contribution in [2.45, 2.75) is 51.6 Å². The smallest absolute Gasteiger partial charge is 0.134 e. The Morgan fingerprint density at radius 2 is 2.00 bits per heavy atom.